The number of benzene rings is 1. The summed E-state index contributed by atoms with van der Waals surface area (Å²) in [6.07, 6.45) is 0.659. The van der Waals surface area contributed by atoms with Gasteiger partial charge in [-0.25, -0.2) is 4.39 Å². The molecule has 3 nitrogen and oxygen atoms in total. The summed E-state index contributed by atoms with van der Waals surface area (Å²) in [5.41, 5.74) is 7.37. The van der Waals surface area contributed by atoms with Crippen molar-refractivity contribution >= 4 is 22.9 Å². The molecule has 5 heteroatoms. The number of hydrogen-bond donors (Lipinski definition) is 2. The lowest BCUT2D eigenvalue weighted by atomic mass is 10.1. The molecule has 0 aliphatic carbocycles. The lowest BCUT2D eigenvalue weighted by Gasteiger charge is -2.13. The van der Waals surface area contributed by atoms with E-state index in [1.807, 2.05) is 13.8 Å². The number of rotatable bonds is 4. The van der Waals surface area contributed by atoms with Crippen LogP contribution in [0.15, 0.2) is 30.3 Å². The molecule has 20 heavy (non-hydrogen) atoms. The molecule has 0 fully saturated rings. The molecular formula is C15H17FN2OS. The van der Waals surface area contributed by atoms with E-state index >= 15 is 0 Å². The number of carbonyl (C=O) groups excluding carboxylic acids is 1. The van der Waals surface area contributed by atoms with E-state index in [1.165, 1.54) is 23.5 Å². The van der Waals surface area contributed by atoms with Crippen LogP contribution in [0.3, 0.4) is 0 Å². The van der Waals surface area contributed by atoms with Gasteiger partial charge in [0.25, 0.3) is 5.91 Å². The third kappa shape index (κ3) is 3.57. The van der Waals surface area contributed by atoms with Crippen LogP contribution in [-0.2, 0) is 6.42 Å². The maximum atomic E-state index is 12.8. The Balaban J connectivity index is 1.95. The summed E-state index contributed by atoms with van der Waals surface area (Å²) in [6, 6.07) is 7.97. The minimum Gasteiger partial charge on any atom is -0.398 e. The molecule has 1 atom stereocenters. The third-order valence-electron chi connectivity index (χ3n) is 3.01. The summed E-state index contributed by atoms with van der Waals surface area (Å²) in [6.45, 7) is 3.81. The summed E-state index contributed by atoms with van der Waals surface area (Å²) in [5, 5.41) is 2.92. The van der Waals surface area contributed by atoms with Crippen molar-refractivity contribution in [2.24, 2.45) is 0 Å². The fourth-order valence-corrected chi connectivity index (χ4v) is 2.77. The number of hydrogen-bond acceptors (Lipinski definition) is 3. The second-order valence-corrected chi connectivity index (χ2v) is 6.08. The standard InChI is InChI=1S/C15H17FN2OS/c1-9(7-11-3-5-12(16)6-4-11)18-15(19)14-8-13(17)10(2)20-14/h3-6,8-9H,7,17H2,1-2H3,(H,18,19). The molecule has 1 unspecified atom stereocenters. The zero-order chi connectivity index (χ0) is 14.7. The Labute approximate surface area is 121 Å². The van der Waals surface area contributed by atoms with Gasteiger partial charge in [-0.1, -0.05) is 12.1 Å². The maximum absolute atomic E-state index is 12.8. The summed E-state index contributed by atoms with van der Waals surface area (Å²) >= 11 is 1.39. The topological polar surface area (TPSA) is 55.1 Å². The van der Waals surface area contributed by atoms with Crippen LogP contribution in [0.2, 0.25) is 0 Å². The van der Waals surface area contributed by atoms with Crippen LogP contribution in [0, 0.1) is 12.7 Å². The van der Waals surface area contributed by atoms with Gasteiger partial charge in [0.2, 0.25) is 0 Å². The average molecular weight is 292 g/mol. The van der Waals surface area contributed by atoms with Gasteiger partial charge in [0.05, 0.1) is 4.88 Å². The Morgan fingerprint density at radius 1 is 1.40 bits per heavy atom. The fourth-order valence-electron chi connectivity index (χ4n) is 1.93. The summed E-state index contributed by atoms with van der Waals surface area (Å²) in [5.74, 6) is -0.376. The predicted octanol–water partition coefficient (Wildman–Crippen LogP) is 3.14. The third-order valence-corrected chi connectivity index (χ3v) is 4.08. The smallest absolute Gasteiger partial charge is 0.261 e. The molecule has 1 aromatic carbocycles. The van der Waals surface area contributed by atoms with Crippen LogP contribution in [0.25, 0.3) is 0 Å². The number of nitrogens with one attached hydrogen (secondary N) is 1. The number of anilines is 1. The van der Waals surface area contributed by atoms with E-state index < -0.39 is 0 Å². The highest BCUT2D eigenvalue weighted by Crippen LogP contribution is 2.23. The molecule has 0 bridgehead atoms. The van der Waals surface area contributed by atoms with Crippen LogP contribution >= 0.6 is 11.3 Å². The molecule has 1 amide bonds. The highest BCUT2D eigenvalue weighted by atomic mass is 32.1. The van der Waals surface area contributed by atoms with Crippen LogP contribution in [0.4, 0.5) is 10.1 Å². The predicted molar refractivity (Wildman–Crippen MR) is 80.5 cm³/mol. The van der Waals surface area contributed by atoms with E-state index in [1.54, 1.807) is 18.2 Å². The molecular weight excluding hydrogens is 275 g/mol. The van der Waals surface area contributed by atoms with Gasteiger partial charge in [-0.2, -0.15) is 0 Å². The number of carbonyl (C=O) groups is 1. The van der Waals surface area contributed by atoms with Gasteiger partial charge >= 0.3 is 0 Å². The van der Waals surface area contributed by atoms with Crippen molar-refractivity contribution in [3.8, 4) is 0 Å². The first-order valence-corrected chi connectivity index (χ1v) is 7.18. The van der Waals surface area contributed by atoms with Crippen LogP contribution in [-0.4, -0.2) is 11.9 Å². The maximum Gasteiger partial charge on any atom is 0.261 e. The quantitative estimate of drug-likeness (QED) is 0.909. The van der Waals surface area contributed by atoms with Crippen molar-refractivity contribution in [2.75, 3.05) is 5.73 Å². The molecule has 1 aromatic heterocycles. The molecule has 2 aromatic rings. The first-order valence-electron chi connectivity index (χ1n) is 6.37. The van der Waals surface area contributed by atoms with Crippen molar-refractivity contribution in [3.63, 3.8) is 0 Å². The van der Waals surface area contributed by atoms with Gasteiger partial charge in [-0.15, -0.1) is 11.3 Å². The zero-order valence-corrected chi connectivity index (χ0v) is 12.3. The summed E-state index contributed by atoms with van der Waals surface area (Å²) < 4.78 is 12.8. The van der Waals surface area contributed by atoms with Gasteiger partial charge in [0.1, 0.15) is 5.82 Å². The normalized spacial score (nSPS) is 12.2. The number of thiophene rings is 1. The number of nitrogens with two attached hydrogens (primary N) is 1. The van der Waals surface area contributed by atoms with Gasteiger partial charge < -0.3 is 11.1 Å². The fraction of sp³-hybridized carbons (Fsp3) is 0.267. The number of aryl methyl sites for hydroxylation is 1. The summed E-state index contributed by atoms with van der Waals surface area (Å²) in [7, 11) is 0. The van der Waals surface area contributed by atoms with Crippen molar-refractivity contribution in [3.05, 3.63) is 51.5 Å². The molecule has 3 N–H and O–H groups in total. The highest BCUT2D eigenvalue weighted by molar-refractivity contribution is 7.14. The molecule has 0 saturated carbocycles. The monoisotopic (exact) mass is 292 g/mol. The molecule has 0 aliphatic rings. The van der Waals surface area contributed by atoms with Crippen LogP contribution in [0.5, 0.6) is 0 Å². The average Bonchev–Trinajstić information content (AvgIpc) is 2.72. The number of amides is 1. The minimum absolute atomic E-state index is 0.0309. The van der Waals surface area contributed by atoms with Crippen molar-refractivity contribution in [2.45, 2.75) is 26.3 Å². The van der Waals surface area contributed by atoms with E-state index in [-0.39, 0.29) is 17.8 Å². The molecule has 0 aliphatic heterocycles. The van der Waals surface area contributed by atoms with Gasteiger partial charge in [0, 0.05) is 16.6 Å². The first kappa shape index (κ1) is 14.5. The molecule has 0 saturated heterocycles. The first-order chi connectivity index (χ1) is 9.45. The van der Waals surface area contributed by atoms with Gasteiger partial charge in [-0.05, 0) is 44.0 Å². The Morgan fingerprint density at radius 2 is 2.05 bits per heavy atom. The zero-order valence-electron chi connectivity index (χ0n) is 11.4. The number of halogens is 1. The number of nitrogen functional groups attached to an aromatic ring is 1. The van der Waals surface area contributed by atoms with E-state index in [0.29, 0.717) is 17.0 Å². The van der Waals surface area contributed by atoms with Crippen LogP contribution < -0.4 is 11.1 Å². The van der Waals surface area contributed by atoms with E-state index in [2.05, 4.69) is 5.32 Å². The van der Waals surface area contributed by atoms with E-state index in [0.717, 1.165) is 10.4 Å². The summed E-state index contributed by atoms with van der Waals surface area (Å²) in [4.78, 5) is 13.6. The second kappa shape index (κ2) is 6.05. The van der Waals surface area contributed by atoms with E-state index in [4.69, 9.17) is 5.73 Å². The lowest BCUT2D eigenvalue weighted by Crippen LogP contribution is -2.33. The molecule has 106 valence electrons. The van der Waals surface area contributed by atoms with E-state index in [9.17, 15) is 9.18 Å². The highest BCUT2D eigenvalue weighted by Gasteiger charge is 2.13. The molecule has 1 heterocycles. The molecule has 2 rings (SSSR count). The second-order valence-electron chi connectivity index (χ2n) is 4.83. The Morgan fingerprint density at radius 3 is 2.60 bits per heavy atom. The van der Waals surface area contributed by atoms with Crippen molar-refractivity contribution in [1.82, 2.24) is 5.32 Å². The van der Waals surface area contributed by atoms with Crippen molar-refractivity contribution < 1.29 is 9.18 Å². The SMILES string of the molecule is Cc1sc(C(=O)NC(C)Cc2ccc(F)cc2)cc1N. The van der Waals surface area contributed by atoms with Crippen molar-refractivity contribution in [1.29, 1.82) is 0 Å². The molecule has 0 radical (unpaired) electrons. The largest absolute Gasteiger partial charge is 0.398 e. The minimum atomic E-state index is -0.255. The van der Waals surface area contributed by atoms with Gasteiger partial charge in [0.15, 0.2) is 0 Å². The molecule has 0 spiro atoms. The van der Waals surface area contributed by atoms with Crippen LogP contribution in [0.1, 0.15) is 27.0 Å². The Kier molecular flexibility index (Phi) is 4.39. The Hall–Kier alpha value is -1.88. The Bertz CT molecular complexity index is 587. The lowest BCUT2D eigenvalue weighted by molar-refractivity contribution is 0.0944. The van der Waals surface area contributed by atoms with Gasteiger partial charge in [-0.3, -0.25) is 4.79 Å².